The summed E-state index contributed by atoms with van der Waals surface area (Å²) in [4.78, 5) is 4.49. The molecule has 0 bridgehead atoms. The van der Waals surface area contributed by atoms with Crippen molar-refractivity contribution in [2.45, 2.75) is 32.6 Å². The third-order valence-electron chi connectivity index (χ3n) is 4.12. The van der Waals surface area contributed by atoms with Crippen LogP contribution in [0.5, 0.6) is 5.75 Å². The number of guanidine groups is 1. The van der Waals surface area contributed by atoms with Gasteiger partial charge in [-0.2, -0.15) is 0 Å². The molecule has 1 aromatic rings. The van der Waals surface area contributed by atoms with Crippen LogP contribution in [0.2, 0.25) is 0 Å². The summed E-state index contributed by atoms with van der Waals surface area (Å²) in [6, 6.07) is 7.70. The Bertz CT molecular complexity index is 447. The summed E-state index contributed by atoms with van der Waals surface area (Å²) in [5, 5.41) is 3.11. The zero-order valence-electron chi connectivity index (χ0n) is 11.8. The lowest BCUT2D eigenvalue weighted by Crippen LogP contribution is -2.33. The minimum absolute atomic E-state index is 0.396. The van der Waals surface area contributed by atoms with Crippen LogP contribution >= 0.6 is 0 Å². The average molecular weight is 261 g/mol. The molecule has 0 amide bonds. The molecule has 4 nitrogen and oxygen atoms in total. The molecule has 0 aromatic heterocycles. The predicted molar refractivity (Wildman–Crippen MR) is 79.7 cm³/mol. The first-order valence-electron chi connectivity index (χ1n) is 6.89. The normalized spacial score (nSPS) is 17.7. The maximum atomic E-state index is 5.95. The third kappa shape index (κ3) is 3.19. The van der Waals surface area contributed by atoms with Gasteiger partial charge < -0.3 is 15.8 Å². The number of ether oxygens (including phenoxy) is 1. The molecule has 0 radical (unpaired) electrons. The van der Waals surface area contributed by atoms with Gasteiger partial charge in [0.05, 0.1) is 12.8 Å². The first-order chi connectivity index (χ1) is 9.19. The Morgan fingerprint density at radius 3 is 2.74 bits per heavy atom. The maximum Gasteiger partial charge on any atom is 0.193 e. The number of nitrogens with two attached hydrogens (primary N) is 1. The molecular weight excluding hydrogens is 238 g/mol. The summed E-state index contributed by atoms with van der Waals surface area (Å²) < 4.78 is 5.27. The molecule has 0 aliphatic heterocycles. The van der Waals surface area contributed by atoms with Crippen molar-refractivity contribution in [3.8, 4) is 5.75 Å². The van der Waals surface area contributed by atoms with Gasteiger partial charge >= 0.3 is 0 Å². The molecule has 4 heteroatoms. The van der Waals surface area contributed by atoms with Crippen molar-refractivity contribution in [3.05, 3.63) is 24.3 Å². The van der Waals surface area contributed by atoms with Crippen LogP contribution in [-0.4, -0.2) is 19.6 Å². The van der Waals surface area contributed by atoms with Crippen LogP contribution in [0.4, 0.5) is 5.69 Å². The molecule has 0 saturated heterocycles. The van der Waals surface area contributed by atoms with E-state index in [-0.39, 0.29) is 0 Å². The smallest absolute Gasteiger partial charge is 0.193 e. The lowest BCUT2D eigenvalue weighted by atomic mass is 9.67. The molecule has 0 atom stereocenters. The molecule has 1 aliphatic carbocycles. The molecule has 1 aromatic carbocycles. The third-order valence-corrected chi connectivity index (χ3v) is 4.12. The van der Waals surface area contributed by atoms with E-state index in [1.54, 1.807) is 7.11 Å². The van der Waals surface area contributed by atoms with E-state index in [2.05, 4.69) is 17.2 Å². The first-order valence-corrected chi connectivity index (χ1v) is 6.89. The Morgan fingerprint density at radius 2 is 2.16 bits per heavy atom. The summed E-state index contributed by atoms with van der Waals surface area (Å²) in [7, 11) is 1.65. The van der Waals surface area contributed by atoms with Crippen molar-refractivity contribution in [2.75, 3.05) is 19.0 Å². The molecule has 0 heterocycles. The highest BCUT2D eigenvalue weighted by Gasteiger charge is 2.34. The van der Waals surface area contributed by atoms with Crippen molar-refractivity contribution >= 4 is 11.6 Å². The van der Waals surface area contributed by atoms with Crippen LogP contribution in [0, 0.1) is 5.41 Å². The molecule has 2 rings (SSSR count). The van der Waals surface area contributed by atoms with E-state index >= 15 is 0 Å². The Morgan fingerprint density at radius 1 is 1.42 bits per heavy atom. The van der Waals surface area contributed by atoms with Crippen LogP contribution in [0.25, 0.3) is 0 Å². The van der Waals surface area contributed by atoms with Gasteiger partial charge in [-0.3, -0.25) is 4.99 Å². The van der Waals surface area contributed by atoms with Crippen molar-refractivity contribution < 1.29 is 4.74 Å². The highest BCUT2D eigenvalue weighted by molar-refractivity contribution is 5.93. The molecule has 0 spiro atoms. The molecule has 104 valence electrons. The Kier molecular flexibility index (Phi) is 4.30. The number of benzene rings is 1. The number of hydrogen-bond donors (Lipinski definition) is 2. The van der Waals surface area contributed by atoms with Gasteiger partial charge in [-0.1, -0.05) is 25.5 Å². The second-order valence-corrected chi connectivity index (χ2v) is 5.23. The summed E-state index contributed by atoms with van der Waals surface area (Å²) in [5.74, 6) is 1.23. The fourth-order valence-corrected chi connectivity index (χ4v) is 2.48. The van der Waals surface area contributed by atoms with Gasteiger partial charge in [0.1, 0.15) is 5.75 Å². The predicted octanol–water partition coefficient (Wildman–Crippen LogP) is 3.00. The second-order valence-electron chi connectivity index (χ2n) is 5.23. The van der Waals surface area contributed by atoms with E-state index < -0.39 is 0 Å². The van der Waals surface area contributed by atoms with Gasteiger partial charge in [0.15, 0.2) is 5.96 Å². The highest BCUT2D eigenvalue weighted by Crippen LogP contribution is 2.43. The van der Waals surface area contributed by atoms with Crippen molar-refractivity contribution in [3.63, 3.8) is 0 Å². The van der Waals surface area contributed by atoms with Gasteiger partial charge in [0.2, 0.25) is 0 Å². The highest BCUT2D eigenvalue weighted by atomic mass is 16.5. The van der Waals surface area contributed by atoms with Gasteiger partial charge in [-0.25, -0.2) is 0 Å². The standard InChI is InChI=1S/C15H23N3O/c1-3-15(9-6-10-15)11-17-14(16)18-12-7-4-5-8-13(12)19-2/h4-5,7-8H,3,6,9-11H2,1-2H3,(H3,16,17,18). The van der Waals surface area contributed by atoms with Crippen molar-refractivity contribution in [1.82, 2.24) is 0 Å². The van der Waals surface area contributed by atoms with Crippen LogP contribution in [0.1, 0.15) is 32.6 Å². The summed E-state index contributed by atoms with van der Waals surface area (Å²) in [6.07, 6.45) is 5.05. The largest absolute Gasteiger partial charge is 0.495 e. The fourth-order valence-electron chi connectivity index (χ4n) is 2.48. The summed E-state index contributed by atoms with van der Waals surface area (Å²) in [6.45, 7) is 3.05. The first kappa shape index (κ1) is 13.7. The zero-order chi connectivity index (χ0) is 13.7. The van der Waals surface area contributed by atoms with E-state index in [1.165, 1.54) is 25.7 Å². The minimum Gasteiger partial charge on any atom is -0.495 e. The average Bonchev–Trinajstić information content (AvgIpc) is 2.38. The fraction of sp³-hybridized carbons (Fsp3) is 0.533. The number of anilines is 1. The van der Waals surface area contributed by atoms with Crippen molar-refractivity contribution in [1.29, 1.82) is 0 Å². The number of hydrogen-bond acceptors (Lipinski definition) is 2. The van der Waals surface area contributed by atoms with Crippen LogP contribution in [0.15, 0.2) is 29.3 Å². The van der Waals surface area contributed by atoms with E-state index in [0.717, 1.165) is 18.0 Å². The number of rotatable bonds is 5. The minimum atomic E-state index is 0.396. The van der Waals surface area contributed by atoms with Gasteiger partial charge in [-0.05, 0) is 36.8 Å². The Balaban J connectivity index is 1.98. The van der Waals surface area contributed by atoms with E-state index in [1.807, 2.05) is 24.3 Å². The summed E-state index contributed by atoms with van der Waals surface area (Å²) in [5.41, 5.74) is 7.20. The second kappa shape index (κ2) is 5.95. The Labute approximate surface area is 115 Å². The van der Waals surface area contributed by atoms with E-state index in [9.17, 15) is 0 Å². The van der Waals surface area contributed by atoms with Gasteiger partial charge in [-0.15, -0.1) is 0 Å². The van der Waals surface area contributed by atoms with Crippen molar-refractivity contribution in [2.24, 2.45) is 16.1 Å². The number of nitrogens with one attached hydrogen (secondary N) is 1. The van der Waals surface area contributed by atoms with E-state index in [4.69, 9.17) is 10.5 Å². The number of para-hydroxylation sites is 2. The summed E-state index contributed by atoms with van der Waals surface area (Å²) >= 11 is 0. The van der Waals surface area contributed by atoms with Crippen LogP contribution in [-0.2, 0) is 0 Å². The lowest BCUT2D eigenvalue weighted by Gasteiger charge is -2.40. The maximum absolute atomic E-state index is 5.95. The SMILES string of the molecule is CCC1(CN=C(N)Nc2ccccc2OC)CCC1. The Hall–Kier alpha value is -1.71. The van der Waals surface area contributed by atoms with Gasteiger partial charge in [0.25, 0.3) is 0 Å². The lowest BCUT2D eigenvalue weighted by molar-refractivity contribution is 0.139. The molecule has 0 unspecified atom stereocenters. The molecule has 1 fully saturated rings. The molecule has 3 N–H and O–H groups in total. The quantitative estimate of drug-likeness (QED) is 0.632. The van der Waals surface area contributed by atoms with E-state index in [0.29, 0.717) is 11.4 Å². The van der Waals surface area contributed by atoms with Crippen LogP contribution < -0.4 is 15.8 Å². The topological polar surface area (TPSA) is 59.6 Å². The van der Waals surface area contributed by atoms with Crippen LogP contribution in [0.3, 0.4) is 0 Å². The molecule has 1 saturated carbocycles. The molecular formula is C15H23N3O. The molecule has 1 aliphatic rings. The number of nitrogens with zero attached hydrogens (tertiary/aromatic N) is 1. The van der Waals surface area contributed by atoms with Gasteiger partial charge in [0, 0.05) is 6.54 Å². The molecule has 19 heavy (non-hydrogen) atoms. The zero-order valence-corrected chi connectivity index (χ0v) is 11.8. The number of methoxy groups -OCH3 is 1. The monoisotopic (exact) mass is 261 g/mol. The number of aliphatic imine (C=N–C) groups is 1.